The molecule has 0 aliphatic heterocycles. The van der Waals surface area contributed by atoms with Crippen molar-refractivity contribution in [2.75, 3.05) is 11.1 Å². The molecular weight excluding hydrogens is 297 g/mol. The third kappa shape index (κ3) is 3.33. The van der Waals surface area contributed by atoms with E-state index in [2.05, 4.69) is 5.32 Å². The van der Waals surface area contributed by atoms with Crippen LogP contribution in [0.5, 0.6) is 0 Å². The average molecular weight is 307 g/mol. The number of nitrogens with one attached hydrogen (secondary N) is 1. The van der Waals surface area contributed by atoms with E-state index in [0.717, 1.165) is 10.9 Å². The molecule has 0 saturated heterocycles. The lowest BCUT2D eigenvalue weighted by atomic mass is 10.1. The van der Waals surface area contributed by atoms with Gasteiger partial charge < -0.3 is 11.1 Å². The number of rotatable bonds is 3. The molecule has 2 nitrogen and oxygen atoms in total. The zero-order valence-electron chi connectivity index (χ0n) is 9.59. The molecule has 0 radical (unpaired) electrons. The maximum Gasteiger partial charge on any atom is 0.418 e. The molecule has 2 rings (SSSR count). The third-order valence-electron chi connectivity index (χ3n) is 2.51. The zero-order chi connectivity index (χ0) is 14.0. The molecule has 1 heterocycles. The predicted molar refractivity (Wildman–Crippen MR) is 72.5 cm³/mol. The number of nitrogens with two attached hydrogens (primary N) is 1. The Kier molecular flexibility index (Phi) is 3.91. The monoisotopic (exact) mass is 306 g/mol. The molecule has 0 atom stereocenters. The van der Waals surface area contributed by atoms with Crippen LogP contribution in [0.4, 0.5) is 24.5 Å². The summed E-state index contributed by atoms with van der Waals surface area (Å²) >= 11 is 6.99. The summed E-state index contributed by atoms with van der Waals surface area (Å²) in [4.78, 5) is 0.795. The number of nitrogen functional groups attached to an aromatic ring is 1. The van der Waals surface area contributed by atoms with E-state index in [4.69, 9.17) is 17.3 Å². The van der Waals surface area contributed by atoms with E-state index in [1.54, 1.807) is 11.4 Å². The Morgan fingerprint density at radius 2 is 2.00 bits per heavy atom. The van der Waals surface area contributed by atoms with Crippen LogP contribution in [0.25, 0.3) is 0 Å². The first-order chi connectivity index (χ1) is 8.88. The lowest BCUT2D eigenvalue weighted by Crippen LogP contribution is -2.10. The molecule has 7 heteroatoms. The van der Waals surface area contributed by atoms with Crippen molar-refractivity contribution in [1.82, 2.24) is 0 Å². The van der Waals surface area contributed by atoms with Crippen molar-refractivity contribution >= 4 is 34.3 Å². The standard InChI is InChI=1S/C12H10ClF3N2S/c13-7-1-2-10(8(5-7)12(14,15)16)18-6-11-9(17)3-4-19-11/h1-5,18H,6,17H2. The van der Waals surface area contributed by atoms with E-state index in [1.807, 2.05) is 0 Å². The van der Waals surface area contributed by atoms with E-state index in [9.17, 15) is 13.2 Å². The van der Waals surface area contributed by atoms with Gasteiger partial charge in [0.1, 0.15) is 0 Å². The van der Waals surface area contributed by atoms with E-state index in [0.29, 0.717) is 5.69 Å². The number of benzene rings is 1. The molecule has 0 saturated carbocycles. The second kappa shape index (κ2) is 5.30. The topological polar surface area (TPSA) is 38.0 Å². The Morgan fingerprint density at radius 3 is 2.58 bits per heavy atom. The molecule has 19 heavy (non-hydrogen) atoms. The minimum absolute atomic E-state index is 0.00954. The minimum atomic E-state index is -4.45. The van der Waals surface area contributed by atoms with Gasteiger partial charge in [-0.15, -0.1) is 11.3 Å². The zero-order valence-corrected chi connectivity index (χ0v) is 11.2. The maximum atomic E-state index is 12.9. The highest BCUT2D eigenvalue weighted by molar-refractivity contribution is 7.10. The second-order valence-electron chi connectivity index (χ2n) is 3.84. The van der Waals surface area contributed by atoms with Crippen molar-refractivity contribution in [3.05, 3.63) is 45.1 Å². The summed E-state index contributed by atoms with van der Waals surface area (Å²) in [5.74, 6) is 0. The molecule has 0 bridgehead atoms. The molecular formula is C12H10ClF3N2S. The number of hydrogen-bond acceptors (Lipinski definition) is 3. The van der Waals surface area contributed by atoms with Crippen LogP contribution in [-0.2, 0) is 12.7 Å². The minimum Gasteiger partial charge on any atom is -0.398 e. The highest BCUT2D eigenvalue weighted by Crippen LogP contribution is 2.36. The molecule has 3 N–H and O–H groups in total. The summed E-state index contributed by atoms with van der Waals surface area (Å²) in [5, 5.41) is 4.58. The number of anilines is 2. The van der Waals surface area contributed by atoms with E-state index < -0.39 is 11.7 Å². The molecule has 1 aromatic carbocycles. The van der Waals surface area contributed by atoms with Crippen LogP contribution in [0.15, 0.2) is 29.6 Å². The van der Waals surface area contributed by atoms with Crippen LogP contribution in [0.1, 0.15) is 10.4 Å². The van der Waals surface area contributed by atoms with Crippen LogP contribution >= 0.6 is 22.9 Å². The molecule has 1 aromatic heterocycles. The number of thiophene rings is 1. The SMILES string of the molecule is Nc1ccsc1CNc1ccc(Cl)cc1C(F)(F)F. The quantitative estimate of drug-likeness (QED) is 0.868. The van der Waals surface area contributed by atoms with Gasteiger partial charge in [0.2, 0.25) is 0 Å². The molecule has 0 aliphatic carbocycles. The summed E-state index contributed by atoms with van der Waals surface area (Å²) < 4.78 is 38.6. The van der Waals surface area contributed by atoms with E-state index >= 15 is 0 Å². The number of halogens is 4. The van der Waals surface area contributed by atoms with Gasteiger partial charge in [-0.1, -0.05) is 11.6 Å². The first-order valence-electron chi connectivity index (χ1n) is 5.30. The number of hydrogen-bond donors (Lipinski definition) is 2. The lowest BCUT2D eigenvalue weighted by Gasteiger charge is -2.14. The van der Waals surface area contributed by atoms with E-state index in [-0.39, 0.29) is 17.3 Å². The van der Waals surface area contributed by atoms with Crippen molar-refractivity contribution in [3.8, 4) is 0 Å². The van der Waals surface area contributed by atoms with Gasteiger partial charge in [-0.2, -0.15) is 13.2 Å². The molecule has 0 unspecified atom stereocenters. The van der Waals surface area contributed by atoms with Gasteiger partial charge in [0.25, 0.3) is 0 Å². The van der Waals surface area contributed by atoms with Crippen LogP contribution < -0.4 is 11.1 Å². The van der Waals surface area contributed by atoms with Crippen LogP contribution in [0, 0.1) is 0 Å². The highest BCUT2D eigenvalue weighted by atomic mass is 35.5. The second-order valence-corrected chi connectivity index (χ2v) is 5.28. The molecule has 0 amide bonds. The van der Waals surface area contributed by atoms with Gasteiger partial charge >= 0.3 is 6.18 Å². The smallest absolute Gasteiger partial charge is 0.398 e. The predicted octanol–water partition coefficient (Wildman–Crippen LogP) is 4.61. The van der Waals surface area contributed by atoms with Crippen molar-refractivity contribution in [1.29, 1.82) is 0 Å². The summed E-state index contributed by atoms with van der Waals surface area (Å²) in [6.45, 7) is 0.244. The fraction of sp³-hybridized carbons (Fsp3) is 0.167. The highest BCUT2D eigenvalue weighted by Gasteiger charge is 2.33. The van der Waals surface area contributed by atoms with Gasteiger partial charge in [-0.05, 0) is 29.6 Å². The first-order valence-corrected chi connectivity index (χ1v) is 6.56. The largest absolute Gasteiger partial charge is 0.418 e. The third-order valence-corrected chi connectivity index (χ3v) is 3.68. The van der Waals surface area contributed by atoms with E-state index in [1.165, 1.54) is 23.5 Å². The number of alkyl halides is 3. The molecule has 102 valence electrons. The summed E-state index contributed by atoms with van der Waals surface area (Å²) in [6.07, 6.45) is -4.45. The Balaban J connectivity index is 2.23. The van der Waals surface area contributed by atoms with Crippen LogP contribution in [0.3, 0.4) is 0 Å². The molecule has 2 aromatic rings. The lowest BCUT2D eigenvalue weighted by molar-refractivity contribution is -0.136. The Hall–Kier alpha value is -1.40. The van der Waals surface area contributed by atoms with Gasteiger partial charge in [-0.25, -0.2) is 0 Å². The fourth-order valence-corrected chi connectivity index (χ4v) is 2.49. The average Bonchev–Trinajstić information content (AvgIpc) is 2.72. The van der Waals surface area contributed by atoms with Gasteiger partial charge in [0, 0.05) is 21.3 Å². The summed E-state index contributed by atoms with van der Waals surface area (Å²) in [6, 6.07) is 5.35. The van der Waals surface area contributed by atoms with Gasteiger partial charge in [0.05, 0.1) is 12.1 Å². The maximum absolute atomic E-state index is 12.9. The summed E-state index contributed by atoms with van der Waals surface area (Å²) in [5.41, 5.74) is 5.46. The van der Waals surface area contributed by atoms with Crippen LogP contribution in [-0.4, -0.2) is 0 Å². The van der Waals surface area contributed by atoms with Gasteiger partial charge in [-0.3, -0.25) is 0 Å². The Labute approximate surface area is 117 Å². The normalized spacial score (nSPS) is 11.6. The fourth-order valence-electron chi connectivity index (χ4n) is 1.57. The van der Waals surface area contributed by atoms with Crippen molar-refractivity contribution in [3.63, 3.8) is 0 Å². The van der Waals surface area contributed by atoms with Crippen molar-refractivity contribution < 1.29 is 13.2 Å². The summed E-state index contributed by atoms with van der Waals surface area (Å²) in [7, 11) is 0. The Morgan fingerprint density at radius 1 is 1.26 bits per heavy atom. The molecule has 0 aliphatic rings. The van der Waals surface area contributed by atoms with Gasteiger partial charge in [0.15, 0.2) is 0 Å². The Bertz CT molecular complexity index is 581. The molecule has 0 spiro atoms. The first kappa shape index (κ1) is 14.0. The molecule has 0 fully saturated rings. The van der Waals surface area contributed by atoms with Crippen molar-refractivity contribution in [2.45, 2.75) is 12.7 Å². The van der Waals surface area contributed by atoms with Crippen molar-refractivity contribution in [2.24, 2.45) is 0 Å². The van der Waals surface area contributed by atoms with Crippen LogP contribution in [0.2, 0.25) is 5.02 Å².